The van der Waals surface area contributed by atoms with E-state index >= 15 is 0 Å². The minimum atomic E-state index is -0.626. The minimum Gasteiger partial charge on any atom is -0.497 e. The van der Waals surface area contributed by atoms with Crippen molar-refractivity contribution in [2.24, 2.45) is 0 Å². The van der Waals surface area contributed by atoms with Crippen LogP contribution in [0.5, 0.6) is 5.75 Å². The van der Waals surface area contributed by atoms with Crippen LogP contribution in [0.4, 0.5) is 0 Å². The lowest BCUT2D eigenvalue weighted by Crippen LogP contribution is -2.16. The molecule has 0 heterocycles. The SMILES string of the molecule is CCOC(=O)/C(=C/c1ccc(OC)cc1)C(=O)c1ccc(C)cc1. The molecule has 0 saturated heterocycles. The van der Waals surface area contributed by atoms with Crippen LogP contribution in [-0.4, -0.2) is 25.5 Å². The van der Waals surface area contributed by atoms with Crippen LogP contribution in [0.15, 0.2) is 54.1 Å². The molecule has 0 bridgehead atoms. The number of carbonyl (C=O) groups is 2. The number of ether oxygens (including phenoxy) is 2. The maximum Gasteiger partial charge on any atom is 0.342 e. The number of Topliss-reactive ketones (excluding diaryl/α,β-unsaturated/α-hetero) is 1. The first-order valence-corrected chi connectivity index (χ1v) is 7.69. The first-order chi connectivity index (χ1) is 11.5. The van der Waals surface area contributed by atoms with E-state index in [0.717, 1.165) is 11.1 Å². The number of benzene rings is 2. The molecule has 0 aromatic heterocycles. The molecular formula is C20H20O4. The van der Waals surface area contributed by atoms with E-state index in [2.05, 4.69) is 0 Å². The molecule has 0 spiro atoms. The smallest absolute Gasteiger partial charge is 0.342 e. The number of rotatable bonds is 6. The Morgan fingerprint density at radius 2 is 1.62 bits per heavy atom. The predicted molar refractivity (Wildman–Crippen MR) is 93.1 cm³/mol. The zero-order chi connectivity index (χ0) is 17.5. The standard InChI is InChI=1S/C20H20O4/c1-4-24-20(22)18(13-15-7-11-17(23-3)12-8-15)19(21)16-9-5-14(2)6-10-16/h5-13H,4H2,1-3H3/b18-13+. The Labute approximate surface area is 141 Å². The summed E-state index contributed by atoms with van der Waals surface area (Å²) in [4.78, 5) is 24.9. The lowest BCUT2D eigenvalue weighted by Gasteiger charge is -2.07. The molecule has 0 saturated carbocycles. The van der Waals surface area contributed by atoms with E-state index in [0.29, 0.717) is 11.3 Å². The van der Waals surface area contributed by atoms with Gasteiger partial charge in [0.25, 0.3) is 0 Å². The highest BCUT2D eigenvalue weighted by Gasteiger charge is 2.21. The van der Waals surface area contributed by atoms with Crippen molar-refractivity contribution in [2.45, 2.75) is 13.8 Å². The number of hydrogen-bond acceptors (Lipinski definition) is 4. The Balaban J connectivity index is 2.39. The lowest BCUT2D eigenvalue weighted by molar-refractivity contribution is -0.137. The lowest BCUT2D eigenvalue weighted by atomic mass is 10.00. The van der Waals surface area contributed by atoms with Gasteiger partial charge in [0.2, 0.25) is 0 Å². The highest BCUT2D eigenvalue weighted by molar-refractivity contribution is 6.26. The zero-order valence-corrected chi connectivity index (χ0v) is 14.0. The number of carbonyl (C=O) groups excluding carboxylic acids is 2. The second kappa shape index (κ2) is 8.11. The summed E-state index contributed by atoms with van der Waals surface area (Å²) < 4.78 is 10.1. The van der Waals surface area contributed by atoms with E-state index in [4.69, 9.17) is 9.47 Å². The molecule has 0 unspecified atom stereocenters. The van der Waals surface area contributed by atoms with Gasteiger partial charge >= 0.3 is 5.97 Å². The molecule has 0 amide bonds. The summed E-state index contributed by atoms with van der Waals surface area (Å²) >= 11 is 0. The Morgan fingerprint density at radius 3 is 2.17 bits per heavy atom. The first kappa shape index (κ1) is 17.5. The maximum atomic E-state index is 12.7. The van der Waals surface area contributed by atoms with Gasteiger partial charge in [0.05, 0.1) is 13.7 Å². The fraction of sp³-hybridized carbons (Fsp3) is 0.200. The van der Waals surface area contributed by atoms with Crippen molar-refractivity contribution < 1.29 is 19.1 Å². The molecule has 4 heteroatoms. The Kier molecular flexibility index (Phi) is 5.90. The monoisotopic (exact) mass is 324 g/mol. The van der Waals surface area contributed by atoms with Gasteiger partial charge in [0.1, 0.15) is 11.3 Å². The molecule has 24 heavy (non-hydrogen) atoms. The van der Waals surface area contributed by atoms with Gasteiger partial charge in [-0.15, -0.1) is 0 Å². The summed E-state index contributed by atoms with van der Waals surface area (Å²) in [5.74, 6) is -0.280. The van der Waals surface area contributed by atoms with Crippen molar-refractivity contribution in [3.63, 3.8) is 0 Å². The van der Waals surface area contributed by atoms with Crippen molar-refractivity contribution in [3.05, 3.63) is 70.8 Å². The molecule has 0 aliphatic carbocycles. The van der Waals surface area contributed by atoms with E-state index in [1.807, 2.05) is 19.1 Å². The maximum absolute atomic E-state index is 12.7. The average Bonchev–Trinajstić information content (AvgIpc) is 2.60. The third-order valence-electron chi connectivity index (χ3n) is 3.48. The number of aryl methyl sites for hydroxylation is 1. The highest BCUT2D eigenvalue weighted by Crippen LogP contribution is 2.18. The second-order valence-corrected chi connectivity index (χ2v) is 5.25. The fourth-order valence-corrected chi connectivity index (χ4v) is 2.15. The van der Waals surface area contributed by atoms with Crippen molar-refractivity contribution >= 4 is 17.8 Å². The van der Waals surface area contributed by atoms with E-state index in [9.17, 15) is 9.59 Å². The molecule has 0 atom stereocenters. The summed E-state index contributed by atoms with van der Waals surface area (Å²) in [6.45, 7) is 3.85. The van der Waals surface area contributed by atoms with Gasteiger partial charge in [-0.05, 0) is 37.6 Å². The van der Waals surface area contributed by atoms with Crippen molar-refractivity contribution in [3.8, 4) is 5.75 Å². The van der Waals surface area contributed by atoms with E-state index < -0.39 is 5.97 Å². The topological polar surface area (TPSA) is 52.6 Å². The summed E-state index contributed by atoms with van der Waals surface area (Å²) in [6.07, 6.45) is 1.54. The van der Waals surface area contributed by atoms with Crippen LogP contribution in [0.2, 0.25) is 0 Å². The Morgan fingerprint density at radius 1 is 1.00 bits per heavy atom. The van der Waals surface area contributed by atoms with Crippen molar-refractivity contribution in [1.82, 2.24) is 0 Å². The van der Waals surface area contributed by atoms with Crippen LogP contribution >= 0.6 is 0 Å². The third-order valence-corrected chi connectivity index (χ3v) is 3.48. The van der Waals surface area contributed by atoms with Crippen molar-refractivity contribution in [1.29, 1.82) is 0 Å². The summed E-state index contributed by atoms with van der Waals surface area (Å²) in [5.41, 5.74) is 2.22. The van der Waals surface area contributed by atoms with E-state index in [-0.39, 0.29) is 18.0 Å². The van der Waals surface area contributed by atoms with Crippen LogP contribution in [0, 0.1) is 6.92 Å². The number of ketones is 1. The van der Waals surface area contributed by atoms with Gasteiger partial charge in [-0.25, -0.2) is 4.79 Å². The van der Waals surface area contributed by atoms with Crippen LogP contribution < -0.4 is 4.74 Å². The molecule has 2 aromatic rings. The predicted octanol–water partition coefficient (Wildman–Crippen LogP) is 3.83. The minimum absolute atomic E-state index is 0.00544. The fourth-order valence-electron chi connectivity index (χ4n) is 2.15. The molecule has 0 aliphatic heterocycles. The normalized spacial score (nSPS) is 11.0. The number of hydrogen-bond donors (Lipinski definition) is 0. The Bertz CT molecular complexity index is 740. The first-order valence-electron chi connectivity index (χ1n) is 7.69. The molecule has 0 aliphatic rings. The second-order valence-electron chi connectivity index (χ2n) is 5.25. The molecule has 2 rings (SSSR count). The summed E-state index contributed by atoms with van der Waals surface area (Å²) in [6, 6.07) is 14.2. The Hall–Kier alpha value is -2.88. The van der Waals surface area contributed by atoms with Crippen molar-refractivity contribution in [2.75, 3.05) is 13.7 Å². The van der Waals surface area contributed by atoms with Gasteiger partial charge in [-0.1, -0.05) is 42.0 Å². The highest BCUT2D eigenvalue weighted by atomic mass is 16.5. The van der Waals surface area contributed by atoms with Gasteiger partial charge < -0.3 is 9.47 Å². The molecule has 0 radical (unpaired) electrons. The number of esters is 1. The molecule has 4 nitrogen and oxygen atoms in total. The zero-order valence-electron chi connectivity index (χ0n) is 14.0. The number of methoxy groups -OCH3 is 1. The third kappa shape index (κ3) is 4.32. The van der Waals surface area contributed by atoms with Crippen LogP contribution in [0.3, 0.4) is 0 Å². The molecule has 0 fully saturated rings. The van der Waals surface area contributed by atoms with Crippen LogP contribution in [-0.2, 0) is 9.53 Å². The quantitative estimate of drug-likeness (QED) is 0.266. The van der Waals surface area contributed by atoms with E-state index in [1.54, 1.807) is 56.5 Å². The van der Waals surface area contributed by atoms with Gasteiger partial charge in [0.15, 0.2) is 5.78 Å². The molecule has 124 valence electrons. The van der Waals surface area contributed by atoms with E-state index in [1.165, 1.54) is 0 Å². The van der Waals surface area contributed by atoms with Crippen LogP contribution in [0.1, 0.15) is 28.4 Å². The molecule has 2 aromatic carbocycles. The average molecular weight is 324 g/mol. The molecule has 0 N–H and O–H groups in total. The van der Waals surface area contributed by atoms with Crippen LogP contribution in [0.25, 0.3) is 6.08 Å². The molecular weight excluding hydrogens is 304 g/mol. The summed E-state index contributed by atoms with van der Waals surface area (Å²) in [7, 11) is 1.58. The van der Waals surface area contributed by atoms with Gasteiger partial charge in [0, 0.05) is 5.56 Å². The largest absolute Gasteiger partial charge is 0.497 e. The summed E-state index contributed by atoms with van der Waals surface area (Å²) in [5, 5.41) is 0. The van der Waals surface area contributed by atoms with Gasteiger partial charge in [-0.2, -0.15) is 0 Å². The van der Waals surface area contributed by atoms with Gasteiger partial charge in [-0.3, -0.25) is 4.79 Å².